The first kappa shape index (κ1) is 15.4. The van der Waals surface area contributed by atoms with Gasteiger partial charge in [-0.3, -0.25) is 9.78 Å². The summed E-state index contributed by atoms with van der Waals surface area (Å²) in [5.41, 5.74) is 7.18. The molecule has 0 unspecified atom stereocenters. The van der Waals surface area contributed by atoms with Crippen LogP contribution in [-0.2, 0) is 4.79 Å². The number of rotatable bonds is 3. The van der Waals surface area contributed by atoms with Crippen LogP contribution in [0.4, 0.5) is 5.69 Å². The molecule has 1 fully saturated rings. The van der Waals surface area contributed by atoms with Gasteiger partial charge in [0.25, 0.3) is 5.91 Å². The molecule has 1 amide bonds. The molecule has 0 aromatic carbocycles. The van der Waals surface area contributed by atoms with E-state index in [1.165, 1.54) is 6.42 Å². The molecule has 1 aliphatic carbocycles. The molecule has 3 rings (SSSR count). The van der Waals surface area contributed by atoms with Crippen LogP contribution < -0.4 is 16.0 Å². The summed E-state index contributed by atoms with van der Waals surface area (Å²) >= 11 is 1.61. The summed E-state index contributed by atoms with van der Waals surface area (Å²) in [6.45, 7) is 0.897. The summed E-state index contributed by atoms with van der Waals surface area (Å²) in [5, 5.41) is 3.12. The monoisotopic (exact) mass is 318 g/mol. The van der Waals surface area contributed by atoms with E-state index in [2.05, 4.69) is 15.2 Å². The van der Waals surface area contributed by atoms with Crippen LogP contribution in [0.5, 0.6) is 0 Å². The Bertz CT molecular complexity index is 548. The predicted molar refractivity (Wildman–Crippen MR) is 90.5 cm³/mol. The van der Waals surface area contributed by atoms with Gasteiger partial charge in [0.15, 0.2) is 0 Å². The molecule has 0 saturated heterocycles. The molecule has 1 aromatic heterocycles. The maximum atomic E-state index is 12.5. The minimum atomic E-state index is 0.00565. The van der Waals surface area contributed by atoms with Crippen LogP contribution in [-0.4, -0.2) is 35.3 Å². The van der Waals surface area contributed by atoms with Gasteiger partial charge in [0.2, 0.25) is 0 Å². The number of thioether (sulfide) groups is 1. The van der Waals surface area contributed by atoms with Gasteiger partial charge in [-0.2, -0.15) is 0 Å². The van der Waals surface area contributed by atoms with Crippen LogP contribution in [0.2, 0.25) is 0 Å². The first-order valence-electron chi connectivity index (χ1n) is 7.82. The Morgan fingerprint density at radius 2 is 2.09 bits per heavy atom. The minimum absolute atomic E-state index is 0.00565. The Morgan fingerprint density at radius 3 is 2.86 bits per heavy atom. The average molecular weight is 318 g/mol. The molecule has 3 N–H and O–H groups in total. The molecule has 0 radical (unpaired) electrons. The van der Waals surface area contributed by atoms with E-state index in [9.17, 15) is 4.79 Å². The third kappa shape index (κ3) is 3.62. The summed E-state index contributed by atoms with van der Waals surface area (Å²) in [6.07, 6.45) is 9.78. The number of nitrogens with two attached hydrogens (primary N) is 1. The summed E-state index contributed by atoms with van der Waals surface area (Å²) in [7, 11) is 0. The molecule has 1 saturated carbocycles. The molecule has 6 heteroatoms. The standard InChI is InChI=1S/C16H22N4OS/c17-13-3-1-2-4-14(13)19-16(21)15-11-20(9-10-22-15)12-5-7-18-8-6-12/h5-8,11,13-14H,1-4,9-10,17H2,(H,19,21)/t13-,14+/m1/s1. The second-order valence-electron chi connectivity index (χ2n) is 5.77. The second kappa shape index (κ2) is 7.15. The van der Waals surface area contributed by atoms with Crippen molar-refractivity contribution >= 4 is 23.4 Å². The lowest BCUT2D eigenvalue weighted by molar-refractivity contribution is -0.117. The van der Waals surface area contributed by atoms with Crippen LogP contribution in [0.1, 0.15) is 25.7 Å². The van der Waals surface area contributed by atoms with Crippen molar-refractivity contribution in [1.82, 2.24) is 10.3 Å². The minimum Gasteiger partial charge on any atom is -0.347 e. The van der Waals surface area contributed by atoms with Crippen molar-refractivity contribution in [3.8, 4) is 0 Å². The van der Waals surface area contributed by atoms with Crippen LogP contribution in [0.3, 0.4) is 0 Å². The molecular weight excluding hydrogens is 296 g/mol. The summed E-state index contributed by atoms with van der Waals surface area (Å²) in [4.78, 5) is 19.4. The Morgan fingerprint density at radius 1 is 1.32 bits per heavy atom. The highest BCUT2D eigenvalue weighted by atomic mass is 32.2. The van der Waals surface area contributed by atoms with Crippen molar-refractivity contribution in [1.29, 1.82) is 0 Å². The Hall–Kier alpha value is -1.53. The van der Waals surface area contributed by atoms with Gasteiger partial charge in [-0.15, -0.1) is 11.8 Å². The highest BCUT2D eigenvalue weighted by Gasteiger charge is 2.26. The van der Waals surface area contributed by atoms with Gasteiger partial charge >= 0.3 is 0 Å². The molecule has 1 aromatic rings. The number of carbonyl (C=O) groups excluding carboxylic acids is 1. The highest BCUT2D eigenvalue weighted by molar-refractivity contribution is 8.04. The highest BCUT2D eigenvalue weighted by Crippen LogP contribution is 2.26. The fraction of sp³-hybridized carbons (Fsp3) is 0.500. The molecule has 2 atom stereocenters. The Balaban J connectivity index is 1.67. The van der Waals surface area contributed by atoms with Crippen molar-refractivity contribution < 1.29 is 4.79 Å². The maximum Gasteiger partial charge on any atom is 0.259 e. The summed E-state index contributed by atoms with van der Waals surface area (Å²) in [5.74, 6) is 0.907. The average Bonchev–Trinajstić information content (AvgIpc) is 2.58. The zero-order chi connectivity index (χ0) is 15.4. The molecule has 22 heavy (non-hydrogen) atoms. The van der Waals surface area contributed by atoms with Crippen LogP contribution in [0, 0.1) is 0 Å². The zero-order valence-electron chi connectivity index (χ0n) is 12.6. The molecular formula is C16H22N4OS. The molecule has 1 aliphatic heterocycles. The Labute approximate surface area is 135 Å². The predicted octanol–water partition coefficient (Wildman–Crippen LogP) is 1.86. The van der Waals surface area contributed by atoms with Gasteiger partial charge in [0, 0.05) is 48.7 Å². The lowest BCUT2D eigenvalue weighted by Crippen LogP contribution is -2.49. The molecule has 2 heterocycles. The number of anilines is 1. The van der Waals surface area contributed by atoms with Crippen LogP contribution in [0.25, 0.3) is 0 Å². The van der Waals surface area contributed by atoms with E-state index in [1.807, 2.05) is 18.3 Å². The maximum absolute atomic E-state index is 12.5. The number of aromatic nitrogens is 1. The summed E-state index contributed by atoms with van der Waals surface area (Å²) < 4.78 is 0. The number of carbonyl (C=O) groups is 1. The topological polar surface area (TPSA) is 71.2 Å². The van der Waals surface area contributed by atoms with E-state index >= 15 is 0 Å². The summed E-state index contributed by atoms with van der Waals surface area (Å²) in [6, 6.07) is 4.11. The van der Waals surface area contributed by atoms with Crippen molar-refractivity contribution in [3.05, 3.63) is 35.6 Å². The van der Waals surface area contributed by atoms with Crippen molar-refractivity contribution in [2.45, 2.75) is 37.8 Å². The normalized spacial score (nSPS) is 25.5. The van der Waals surface area contributed by atoms with Gasteiger partial charge in [0.05, 0.1) is 4.91 Å². The third-order valence-corrected chi connectivity index (χ3v) is 5.21. The second-order valence-corrected chi connectivity index (χ2v) is 6.91. The van der Waals surface area contributed by atoms with Crippen molar-refractivity contribution in [2.24, 2.45) is 5.73 Å². The molecule has 5 nitrogen and oxygen atoms in total. The number of hydrogen-bond donors (Lipinski definition) is 2. The smallest absolute Gasteiger partial charge is 0.259 e. The van der Waals surface area contributed by atoms with E-state index in [4.69, 9.17) is 5.73 Å². The van der Waals surface area contributed by atoms with Crippen molar-refractivity contribution in [3.63, 3.8) is 0 Å². The third-order valence-electron chi connectivity index (χ3n) is 4.22. The Kier molecular flexibility index (Phi) is 5.00. The van der Waals surface area contributed by atoms with E-state index in [0.29, 0.717) is 0 Å². The van der Waals surface area contributed by atoms with Gasteiger partial charge < -0.3 is 16.0 Å². The number of pyridine rings is 1. The van der Waals surface area contributed by atoms with E-state index in [-0.39, 0.29) is 18.0 Å². The number of hydrogen-bond acceptors (Lipinski definition) is 5. The number of nitrogens with one attached hydrogen (secondary N) is 1. The SMILES string of the molecule is N[C@@H]1CCCC[C@@H]1NC(=O)C1=CN(c2ccncc2)CCS1. The molecule has 118 valence electrons. The molecule has 0 spiro atoms. The molecule has 2 aliphatic rings. The number of amides is 1. The largest absolute Gasteiger partial charge is 0.347 e. The molecule has 0 bridgehead atoms. The zero-order valence-corrected chi connectivity index (χ0v) is 13.4. The van der Waals surface area contributed by atoms with Gasteiger partial charge in [-0.25, -0.2) is 0 Å². The van der Waals surface area contributed by atoms with Gasteiger partial charge in [-0.05, 0) is 25.0 Å². The number of nitrogens with zero attached hydrogens (tertiary/aromatic N) is 2. The van der Waals surface area contributed by atoms with Crippen LogP contribution in [0.15, 0.2) is 35.6 Å². The van der Waals surface area contributed by atoms with Gasteiger partial charge in [-0.1, -0.05) is 12.8 Å². The first-order valence-corrected chi connectivity index (χ1v) is 8.80. The van der Waals surface area contributed by atoms with E-state index < -0.39 is 0 Å². The van der Waals surface area contributed by atoms with E-state index in [1.54, 1.807) is 24.2 Å². The van der Waals surface area contributed by atoms with Crippen LogP contribution >= 0.6 is 11.8 Å². The lowest BCUT2D eigenvalue weighted by atomic mass is 9.91. The van der Waals surface area contributed by atoms with Gasteiger partial charge in [0.1, 0.15) is 0 Å². The first-order chi connectivity index (χ1) is 10.7. The van der Waals surface area contributed by atoms with E-state index in [0.717, 1.165) is 42.2 Å². The lowest BCUT2D eigenvalue weighted by Gasteiger charge is -2.31. The van der Waals surface area contributed by atoms with Crippen molar-refractivity contribution in [2.75, 3.05) is 17.2 Å². The fourth-order valence-corrected chi connectivity index (χ4v) is 3.84. The fourth-order valence-electron chi connectivity index (χ4n) is 2.94. The quantitative estimate of drug-likeness (QED) is 0.890.